The molecule has 0 saturated heterocycles. The molecular weight excluding hydrogens is 328 g/mol. The van der Waals surface area contributed by atoms with E-state index in [0.29, 0.717) is 32.8 Å². The van der Waals surface area contributed by atoms with Crippen LogP contribution >= 0.6 is 22.9 Å². The Bertz CT molecular complexity index is 782. The minimum Gasteiger partial charge on any atom is -0.495 e. The van der Waals surface area contributed by atoms with E-state index in [1.807, 2.05) is 0 Å². The average molecular weight is 343 g/mol. The number of nitrogens with one attached hydrogen (secondary N) is 1. The van der Waals surface area contributed by atoms with Crippen LogP contribution in [0.25, 0.3) is 0 Å². The largest absolute Gasteiger partial charge is 0.495 e. The minimum atomic E-state index is -0.386. The fourth-order valence-electron chi connectivity index (χ4n) is 1.87. The Kier molecular flexibility index (Phi) is 4.77. The molecule has 8 heteroatoms. The maximum atomic E-state index is 12.4. The second-order valence-electron chi connectivity index (χ2n) is 4.48. The van der Waals surface area contributed by atoms with Gasteiger partial charge < -0.3 is 19.4 Å². The van der Waals surface area contributed by atoms with Crippen LogP contribution in [0, 0.1) is 6.92 Å². The number of halogens is 1. The minimum absolute atomic E-state index is 0.191. The Morgan fingerprint density at radius 2 is 1.91 bits per heavy atom. The highest BCUT2D eigenvalue weighted by atomic mass is 35.5. The van der Waals surface area contributed by atoms with Gasteiger partial charge in [-0.1, -0.05) is 22.9 Å². The molecule has 0 saturated carbocycles. The summed E-state index contributed by atoms with van der Waals surface area (Å²) in [6, 6.07) is 3.12. The smallest absolute Gasteiger partial charge is 0.307 e. The summed E-state index contributed by atoms with van der Waals surface area (Å²) in [5, 5.41) is 3.09. The van der Waals surface area contributed by atoms with E-state index in [-0.39, 0.29) is 10.8 Å². The molecule has 2 rings (SSSR count). The molecule has 0 fully saturated rings. The van der Waals surface area contributed by atoms with Crippen LogP contribution in [-0.2, 0) is 7.05 Å². The number of amides is 1. The summed E-state index contributed by atoms with van der Waals surface area (Å²) in [4.78, 5) is 24.2. The first-order valence-electron chi connectivity index (χ1n) is 6.28. The van der Waals surface area contributed by atoms with E-state index in [9.17, 15) is 9.59 Å². The molecule has 0 unspecified atom stereocenters. The van der Waals surface area contributed by atoms with E-state index in [0.717, 1.165) is 11.3 Å². The third-order valence-electron chi connectivity index (χ3n) is 3.22. The summed E-state index contributed by atoms with van der Waals surface area (Å²) in [6.07, 6.45) is 0. The van der Waals surface area contributed by atoms with Crippen LogP contribution in [-0.4, -0.2) is 24.7 Å². The lowest BCUT2D eigenvalue weighted by Crippen LogP contribution is -2.13. The van der Waals surface area contributed by atoms with Gasteiger partial charge >= 0.3 is 4.87 Å². The molecule has 1 amide bonds. The van der Waals surface area contributed by atoms with Crippen molar-refractivity contribution in [1.29, 1.82) is 0 Å². The highest BCUT2D eigenvalue weighted by Crippen LogP contribution is 2.36. The normalized spacial score (nSPS) is 10.4. The fraction of sp³-hybridized carbons (Fsp3) is 0.286. The van der Waals surface area contributed by atoms with Gasteiger partial charge in [-0.25, -0.2) is 0 Å². The van der Waals surface area contributed by atoms with Crippen LogP contribution in [0.15, 0.2) is 16.9 Å². The first-order valence-corrected chi connectivity index (χ1v) is 7.47. The predicted octanol–water partition coefficient (Wildman–Crippen LogP) is 2.68. The molecule has 1 heterocycles. The zero-order valence-electron chi connectivity index (χ0n) is 12.5. The van der Waals surface area contributed by atoms with Crippen LogP contribution < -0.4 is 19.7 Å². The van der Waals surface area contributed by atoms with Gasteiger partial charge in [0.05, 0.1) is 24.9 Å². The summed E-state index contributed by atoms with van der Waals surface area (Å²) in [7, 11) is 4.57. The number of rotatable bonds is 4. The van der Waals surface area contributed by atoms with E-state index < -0.39 is 0 Å². The molecule has 6 nitrogen and oxygen atoms in total. The Hall–Kier alpha value is -1.99. The molecule has 2 aromatic rings. The summed E-state index contributed by atoms with van der Waals surface area (Å²) < 4.78 is 11.8. The number of nitrogens with zero attached hydrogens (tertiary/aromatic N) is 1. The van der Waals surface area contributed by atoms with Crippen LogP contribution in [0.1, 0.15) is 15.4 Å². The van der Waals surface area contributed by atoms with Crippen molar-refractivity contribution in [2.45, 2.75) is 6.92 Å². The number of aromatic nitrogens is 1. The summed E-state index contributed by atoms with van der Waals surface area (Å²) in [5.74, 6) is 0.429. The number of anilines is 1. The molecule has 0 spiro atoms. The SMILES string of the molecule is COc1cc(NC(=O)c2sc(=O)n(C)c2C)c(OC)cc1Cl. The average Bonchev–Trinajstić information content (AvgIpc) is 2.76. The third-order valence-corrected chi connectivity index (χ3v) is 4.65. The molecule has 1 aromatic heterocycles. The number of hydrogen-bond donors (Lipinski definition) is 1. The van der Waals surface area contributed by atoms with E-state index in [1.165, 1.54) is 18.8 Å². The highest BCUT2D eigenvalue weighted by Gasteiger charge is 2.18. The van der Waals surface area contributed by atoms with Gasteiger partial charge in [-0.15, -0.1) is 0 Å². The maximum absolute atomic E-state index is 12.4. The van der Waals surface area contributed by atoms with Crippen molar-refractivity contribution >= 4 is 34.5 Å². The van der Waals surface area contributed by atoms with Gasteiger partial charge in [0.25, 0.3) is 5.91 Å². The number of carbonyl (C=O) groups is 1. The predicted molar refractivity (Wildman–Crippen MR) is 86.8 cm³/mol. The molecule has 0 atom stereocenters. The van der Waals surface area contributed by atoms with Gasteiger partial charge in [0, 0.05) is 24.9 Å². The number of ether oxygens (including phenoxy) is 2. The van der Waals surface area contributed by atoms with E-state index >= 15 is 0 Å². The van der Waals surface area contributed by atoms with E-state index in [1.54, 1.807) is 26.1 Å². The maximum Gasteiger partial charge on any atom is 0.307 e. The van der Waals surface area contributed by atoms with Gasteiger partial charge in [0.15, 0.2) is 0 Å². The van der Waals surface area contributed by atoms with Crippen molar-refractivity contribution in [2.24, 2.45) is 7.05 Å². The molecule has 22 heavy (non-hydrogen) atoms. The lowest BCUT2D eigenvalue weighted by molar-refractivity contribution is 0.102. The number of thiazole rings is 1. The lowest BCUT2D eigenvalue weighted by Gasteiger charge is -2.13. The summed E-state index contributed by atoms with van der Waals surface area (Å²) in [6.45, 7) is 1.71. The first kappa shape index (κ1) is 16.4. The zero-order valence-corrected chi connectivity index (χ0v) is 14.1. The van der Waals surface area contributed by atoms with Gasteiger partial charge in [0.2, 0.25) is 0 Å². The quantitative estimate of drug-likeness (QED) is 0.927. The molecule has 0 aliphatic heterocycles. The van der Waals surface area contributed by atoms with Crippen molar-refractivity contribution in [3.8, 4) is 11.5 Å². The standard InChI is InChI=1S/C14H15ClN2O4S/c1-7-12(22-14(19)17(7)2)13(18)16-9-6-10(20-3)8(15)5-11(9)21-4/h5-6H,1-4H3,(H,16,18). The van der Waals surface area contributed by atoms with Crippen molar-refractivity contribution in [3.05, 3.63) is 37.4 Å². The Balaban J connectivity index is 2.39. The molecule has 0 aliphatic carbocycles. The van der Waals surface area contributed by atoms with Gasteiger partial charge in [-0.2, -0.15) is 0 Å². The van der Waals surface area contributed by atoms with Gasteiger partial charge in [0.1, 0.15) is 16.4 Å². The monoisotopic (exact) mass is 342 g/mol. The summed E-state index contributed by atoms with van der Waals surface area (Å²) in [5.41, 5.74) is 1.02. The van der Waals surface area contributed by atoms with Crippen LogP contribution in [0.4, 0.5) is 5.69 Å². The lowest BCUT2D eigenvalue weighted by atomic mass is 10.2. The van der Waals surface area contributed by atoms with Gasteiger partial charge in [-0.3, -0.25) is 9.59 Å². The van der Waals surface area contributed by atoms with Crippen molar-refractivity contribution in [1.82, 2.24) is 4.57 Å². The van der Waals surface area contributed by atoms with Crippen molar-refractivity contribution in [2.75, 3.05) is 19.5 Å². The molecule has 118 valence electrons. The molecule has 0 aliphatic rings. The number of benzene rings is 1. The molecule has 0 bridgehead atoms. The highest BCUT2D eigenvalue weighted by molar-refractivity contribution is 7.11. The topological polar surface area (TPSA) is 69.6 Å². The van der Waals surface area contributed by atoms with E-state index in [4.69, 9.17) is 21.1 Å². The molecule has 0 radical (unpaired) electrons. The Morgan fingerprint density at radius 1 is 1.27 bits per heavy atom. The second-order valence-corrected chi connectivity index (χ2v) is 5.85. The number of carbonyl (C=O) groups excluding carboxylic acids is 1. The van der Waals surface area contributed by atoms with Crippen molar-refractivity contribution in [3.63, 3.8) is 0 Å². The Morgan fingerprint density at radius 3 is 2.41 bits per heavy atom. The molecular formula is C14H15ClN2O4S. The van der Waals surface area contributed by atoms with Gasteiger partial charge in [-0.05, 0) is 6.92 Å². The fourth-order valence-corrected chi connectivity index (χ4v) is 2.97. The second kappa shape index (κ2) is 6.41. The Labute approximate surface area is 136 Å². The number of methoxy groups -OCH3 is 2. The van der Waals surface area contributed by atoms with Crippen LogP contribution in [0.3, 0.4) is 0 Å². The molecule has 1 N–H and O–H groups in total. The first-order chi connectivity index (χ1) is 10.4. The van der Waals surface area contributed by atoms with Crippen LogP contribution in [0.5, 0.6) is 11.5 Å². The zero-order chi connectivity index (χ0) is 16.4. The van der Waals surface area contributed by atoms with Crippen molar-refractivity contribution < 1.29 is 14.3 Å². The van der Waals surface area contributed by atoms with E-state index in [2.05, 4.69) is 5.32 Å². The third kappa shape index (κ3) is 2.95. The molecule has 1 aromatic carbocycles. The summed E-state index contributed by atoms with van der Waals surface area (Å²) >= 11 is 6.91. The number of hydrogen-bond acceptors (Lipinski definition) is 5. The van der Waals surface area contributed by atoms with Crippen LogP contribution in [0.2, 0.25) is 5.02 Å².